The molecule has 0 aliphatic rings. The quantitative estimate of drug-likeness (QED) is 0.774. The summed E-state index contributed by atoms with van der Waals surface area (Å²) in [5.41, 5.74) is 7.57. The number of anilines is 1. The Kier molecular flexibility index (Phi) is 3.17. The molecule has 3 aromatic rings. The maximum absolute atomic E-state index is 13.7. The standard InChI is InChI=1S/C14H10BrF2N3/c15-9-1-4-13-12(6-9)19-14(18)20(13)7-8-5-10(16)2-3-11(8)17/h1-6H,7H2,(H2,18,19). The molecule has 0 radical (unpaired) electrons. The molecule has 0 unspecified atom stereocenters. The summed E-state index contributed by atoms with van der Waals surface area (Å²) in [5.74, 6) is -0.682. The molecule has 0 spiro atoms. The van der Waals surface area contributed by atoms with Gasteiger partial charge in [-0.15, -0.1) is 0 Å². The van der Waals surface area contributed by atoms with Crippen LogP contribution >= 0.6 is 15.9 Å². The van der Waals surface area contributed by atoms with Crippen LogP contribution in [0, 0.1) is 11.6 Å². The van der Waals surface area contributed by atoms with Crippen LogP contribution in [-0.4, -0.2) is 9.55 Å². The predicted molar refractivity (Wildman–Crippen MR) is 77.3 cm³/mol. The summed E-state index contributed by atoms with van der Waals surface area (Å²) in [7, 11) is 0. The van der Waals surface area contributed by atoms with Crippen LogP contribution in [0.1, 0.15) is 5.56 Å². The van der Waals surface area contributed by atoms with E-state index in [9.17, 15) is 8.78 Å². The van der Waals surface area contributed by atoms with Crippen molar-refractivity contribution in [3.8, 4) is 0 Å². The maximum Gasteiger partial charge on any atom is 0.201 e. The number of rotatable bonds is 2. The number of nitrogens with two attached hydrogens (primary N) is 1. The van der Waals surface area contributed by atoms with Gasteiger partial charge in [0.15, 0.2) is 0 Å². The molecular weight excluding hydrogens is 328 g/mol. The highest BCUT2D eigenvalue weighted by Crippen LogP contribution is 2.23. The Bertz CT molecular complexity index is 798. The molecule has 0 bridgehead atoms. The topological polar surface area (TPSA) is 43.8 Å². The number of imidazole rings is 1. The fourth-order valence-corrected chi connectivity index (χ4v) is 2.47. The number of hydrogen-bond donors (Lipinski definition) is 1. The number of hydrogen-bond acceptors (Lipinski definition) is 2. The monoisotopic (exact) mass is 337 g/mol. The second kappa shape index (κ2) is 4.86. The van der Waals surface area contributed by atoms with E-state index < -0.39 is 11.6 Å². The lowest BCUT2D eigenvalue weighted by atomic mass is 10.2. The molecule has 0 aliphatic carbocycles. The fraction of sp³-hybridized carbons (Fsp3) is 0.0714. The number of halogens is 3. The summed E-state index contributed by atoms with van der Waals surface area (Å²) in [6.07, 6.45) is 0. The van der Waals surface area contributed by atoms with Gasteiger partial charge in [-0.25, -0.2) is 13.8 Å². The minimum atomic E-state index is -0.480. The minimum Gasteiger partial charge on any atom is -0.369 e. The van der Waals surface area contributed by atoms with E-state index in [1.54, 1.807) is 4.57 Å². The van der Waals surface area contributed by atoms with E-state index >= 15 is 0 Å². The zero-order valence-electron chi connectivity index (χ0n) is 10.3. The lowest BCUT2D eigenvalue weighted by molar-refractivity contribution is 0.579. The van der Waals surface area contributed by atoms with Gasteiger partial charge in [-0.2, -0.15) is 0 Å². The number of nitrogen functional groups attached to an aromatic ring is 1. The second-order valence-corrected chi connectivity index (χ2v) is 5.34. The van der Waals surface area contributed by atoms with Crippen molar-refractivity contribution in [3.05, 3.63) is 58.1 Å². The van der Waals surface area contributed by atoms with Gasteiger partial charge in [-0.1, -0.05) is 15.9 Å². The van der Waals surface area contributed by atoms with E-state index in [4.69, 9.17) is 5.73 Å². The van der Waals surface area contributed by atoms with E-state index in [2.05, 4.69) is 20.9 Å². The van der Waals surface area contributed by atoms with Crippen LogP contribution in [0.4, 0.5) is 14.7 Å². The Morgan fingerprint density at radius 2 is 1.95 bits per heavy atom. The molecule has 3 rings (SSSR count). The zero-order valence-corrected chi connectivity index (χ0v) is 11.9. The first-order valence-corrected chi connectivity index (χ1v) is 6.69. The number of nitrogens with zero attached hydrogens (tertiary/aromatic N) is 2. The fourth-order valence-electron chi connectivity index (χ4n) is 2.12. The molecule has 0 saturated carbocycles. The van der Waals surface area contributed by atoms with Crippen molar-refractivity contribution in [2.24, 2.45) is 0 Å². The molecule has 0 atom stereocenters. The lowest BCUT2D eigenvalue weighted by Gasteiger charge is -2.08. The van der Waals surface area contributed by atoms with Crippen LogP contribution in [-0.2, 0) is 6.54 Å². The first-order chi connectivity index (χ1) is 9.54. The van der Waals surface area contributed by atoms with Crippen molar-refractivity contribution in [2.45, 2.75) is 6.54 Å². The molecule has 3 nitrogen and oxygen atoms in total. The van der Waals surface area contributed by atoms with Crippen molar-refractivity contribution < 1.29 is 8.78 Å². The summed E-state index contributed by atoms with van der Waals surface area (Å²) in [5, 5.41) is 0. The average molecular weight is 338 g/mol. The summed E-state index contributed by atoms with van der Waals surface area (Å²) in [6.45, 7) is 0.132. The summed E-state index contributed by atoms with van der Waals surface area (Å²) in [6, 6.07) is 8.87. The molecule has 1 aromatic heterocycles. The zero-order chi connectivity index (χ0) is 14.3. The van der Waals surface area contributed by atoms with E-state index in [0.717, 1.165) is 22.1 Å². The number of benzene rings is 2. The van der Waals surface area contributed by atoms with Gasteiger partial charge in [-0.3, -0.25) is 0 Å². The van der Waals surface area contributed by atoms with Gasteiger partial charge < -0.3 is 10.3 Å². The highest BCUT2D eigenvalue weighted by Gasteiger charge is 2.11. The molecule has 0 amide bonds. The smallest absolute Gasteiger partial charge is 0.201 e. The summed E-state index contributed by atoms with van der Waals surface area (Å²) >= 11 is 3.35. The van der Waals surface area contributed by atoms with Crippen LogP contribution in [0.2, 0.25) is 0 Å². The van der Waals surface area contributed by atoms with E-state index in [1.807, 2.05) is 18.2 Å². The van der Waals surface area contributed by atoms with Crippen molar-refractivity contribution in [3.63, 3.8) is 0 Å². The predicted octanol–water partition coefficient (Wildman–Crippen LogP) is 3.71. The molecule has 102 valence electrons. The van der Waals surface area contributed by atoms with Crippen LogP contribution in [0.25, 0.3) is 11.0 Å². The third kappa shape index (κ3) is 2.27. The van der Waals surface area contributed by atoms with Gasteiger partial charge in [0, 0.05) is 10.0 Å². The second-order valence-electron chi connectivity index (χ2n) is 4.42. The van der Waals surface area contributed by atoms with Gasteiger partial charge in [0.25, 0.3) is 0 Å². The molecule has 0 aliphatic heterocycles. The van der Waals surface area contributed by atoms with Crippen molar-refractivity contribution in [1.82, 2.24) is 9.55 Å². The van der Waals surface area contributed by atoms with Gasteiger partial charge in [-0.05, 0) is 36.4 Å². The number of aromatic nitrogens is 2. The Labute approximate surface area is 122 Å². The van der Waals surface area contributed by atoms with Gasteiger partial charge >= 0.3 is 0 Å². The molecule has 0 saturated heterocycles. The highest BCUT2D eigenvalue weighted by atomic mass is 79.9. The van der Waals surface area contributed by atoms with Gasteiger partial charge in [0.05, 0.1) is 17.6 Å². The Morgan fingerprint density at radius 1 is 1.15 bits per heavy atom. The van der Waals surface area contributed by atoms with E-state index in [0.29, 0.717) is 5.52 Å². The molecular formula is C14H10BrF2N3. The molecule has 2 aromatic carbocycles. The van der Waals surface area contributed by atoms with E-state index in [-0.39, 0.29) is 18.1 Å². The van der Waals surface area contributed by atoms with Crippen molar-refractivity contribution in [1.29, 1.82) is 0 Å². The summed E-state index contributed by atoms with van der Waals surface area (Å²) < 4.78 is 29.5. The highest BCUT2D eigenvalue weighted by molar-refractivity contribution is 9.10. The molecule has 0 fully saturated rings. The molecule has 6 heteroatoms. The first-order valence-electron chi connectivity index (χ1n) is 5.90. The lowest BCUT2D eigenvalue weighted by Crippen LogP contribution is -2.06. The summed E-state index contributed by atoms with van der Waals surface area (Å²) in [4.78, 5) is 4.22. The number of fused-ring (bicyclic) bond motifs is 1. The maximum atomic E-state index is 13.7. The third-order valence-electron chi connectivity index (χ3n) is 3.08. The largest absolute Gasteiger partial charge is 0.369 e. The van der Waals surface area contributed by atoms with Crippen molar-refractivity contribution >= 4 is 32.9 Å². The Balaban J connectivity index is 2.10. The normalized spacial score (nSPS) is 11.2. The van der Waals surface area contributed by atoms with Crippen LogP contribution < -0.4 is 5.73 Å². The Hall–Kier alpha value is -1.95. The van der Waals surface area contributed by atoms with Crippen molar-refractivity contribution in [2.75, 3.05) is 5.73 Å². The van der Waals surface area contributed by atoms with Gasteiger partial charge in [0.1, 0.15) is 11.6 Å². The molecule has 2 N–H and O–H groups in total. The van der Waals surface area contributed by atoms with Crippen LogP contribution in [0.5, 0.6) is 0 Å². The SMILES string of the molecule is Nc1nc2cc(Br)ccc2n1Cc1cc(F)ccc1F. The van der Waals surface area contributed by atoms with Crippen LogP contribution in [0.3, 0.4) is 0 Å². The van der Waals surface area contributed by atoms with Gasteiger partial charge in [0.2, 0.25) is 5.95 Å². The van der Waals surface area contributed by atoms with Crippen LogP contribution in [0.15, 0.2) is 40.9 Å². The average Bonchev–Trinajstić information content (AvgIpc) is 2.69. The minimum absolute atomic E-state index is 0.132. The molecule has 20 heavy (non-hydrogen) atoms. The molecule has 1 heterocycles. The Morgan fingerprint density at radius 3 is 2.75 bits per heavy atom. The van der Waals surface area contributed by atoms with E-state index in [1.165, 1.54) is 6.07 Å². The third-order valence-corrected chi connectivity index (χ3v) is 3.57. The first kappa shape index (κ1) is 13.1.